The van der Waals surface area contributed by atoms with Crippen molar-refractivity contribution in [2.75, 3.05) is 52.4 Å². The smallest absolute Gasteiger partial charge is 0.390 e. The molecule has 0 radical (unpaired) electrons. The molecule has 0 amide bonds. The highest BCUT2D eigenvalue weighted by atomic mass is 32.2. The molecule has 0 aliphatic carbocycles. The predicted molar refractivity (Wildman–Crippen MR) is 149 cm³/mol. The van der Waals surface area contributed by atoms with Crippen molar-refractivity contribution in [2.24, 2.45) is 0 Å². The van der Waals surface area contributed by atoms with Crippen molar-refractivity contribution in [1.29, 1.82) is 0 Å². The molecule has 0 aromatic heterocycles. The number of phosphoric acid groups is 1. The van der Waals surface area contributed by atoms with Gasteiger partial charge in [0.05, 0.1) is 45.4 Å². The van der Waals surface area contributed by atoms with Gasteiger partial charge in [-0.15, -0.1) is 0 Å². The monoisotopic (exact) mass is 558 g/mol. The van der Waals surface area contributed by atoms with Crippen LogP contribution in [-0.4, -0.2) is 81.4 Å². The van der Waals surface area contributed by atoms with Gasteiger partial charge in [0.25, 0.3) is 0 Å². The van der Waals surface area contributed by atoms with Crippen LogP contribution in [0.15, 0.2) is 0 Å². The van der Waals surface area contributed by atoms with Crippen molar-refractivity contribution < 1.29 is 36.5 Å². The van der Waals surface area contributed by atoms with Crippen LogP contribution in [-0.2, 0) is 23.4 Å². The van der Waals surface area contributed by atoms with Crippen LogP contribution in [0.25, 0.3) is 0 Å². The van der Waals surface area contributed by atoms with Gasteiger partial charge in [-0.2, -0.15) is 0 Å². The third-order valence-corrected chi connectivity index (χ3v) is 8.99. The molecule has 0 aromatic rings. The Balaban J connectivity index is 3.69. The lowest BCUT2D eigenvalue weighted by atomic mass is 10.0. The van der Waals surface area contributed by atoms with Crippen LogP contribution in [0.4, 0.5) is 0 Å². The van der Waals surface area contributed by atoms with Crippen LogP contribution in [0.1, 0.15) is 110 Å². The molecule has 8 nitrogen and oxygen atoms in total. The average molecular weight is 559 g/mol. The van der Waals surface area contributed by atoms with Crippen molar-refractivity contribution in [3.63, 3.8) is 0 Å². The first-order valence-corrected chi connectivity index (χ1v) is 17.5. The summed E-state index contributed by atoms with van der Waals surface area (Å²) in [6, 6.07) is 0. The van der Waals surface area contributed by atoms with Gasteiger partial charge in [0.2, 0.25) is 0 Å². The van der Waals surface area contributed by atoms with E-state index in [9.17, 15) is 23.0 Å². The number of hydrogen-bond donors (Lipinski definition) is 2. The zero-order valence-electron chi connectivity index (χ0n) is 23.7. The summed E-state index contributed by atoms with van der Waals surface area (Å²) in [7, 11) is -2.01. The number of nitrogens with zero attached hydrogens (tertiary/aromatic N) is 1. The molecule has 2 atom stereocenters. The van der Waals surface area contributed by atoms with Gasteiger partial charge in [0, 0.05) is 0 Å². The van der Waals surface area contributed by atoms with E-state index in [-0.39, 0.29) is 12.4 Å². The second kappa shape index (κ2) is 20.9. The topological polar surface area (TPSA) is 110 Å². The van der Waals surface area contributed by atoms with Crippen LogP contribution in [0.5, 0.6) is 0 Å². The van der Waals surface area contributed by atoms with Crippen molar-refractivity contribution >= 4 is 17.7 Å². The number of hydrogen-bond acceptors (Lipinski definition) is 6. The van der Waals surface area contributed by atoms with Gasteiger partial charge in [0.15, 0.2) is 9.84 Å². The second-order valence-corrected chi connectivity index (χ2v) is 14.9. The first-order valence-electron chi connectivity index (χ1n) is 14.2. The molecule has 2 unspecified atom stereocenters. The highest BCUT2D eigenvalue weighted by molar-refractivity contribution is 7.91. The molecule has 2 N–H and O–H groups in total. The Morgan fingerprint density at radius 2 is 1.17 bits per heavy atom. The maximum absolute atomic E-state index is 12.2. The van der Waals surface area contributed by atoms with Crippen molar-refractivity contribution in [1.82, 2.24) is 0 Å². The summed E-state index contributed by atoms with van der Waals surface area (Å²) in [5.74, 6) is -0.468. The number of rotatable bonds is 26. The summed E-state index contributed by atoms with van der Waals surface area (Å²) in [5.41, 5.74) is 0. The van der Waals surface area contributed by atoms with E-state index in [1.54, 1.807) is 0 Å². The molecule has 36 heavy (non-hydrogen) atoms. The van der Waals surface area contributed by atoms with E-state index in [1.807, 2.05) is 21.1 Å². The first-order chi connectivity index (χ1) is 16.9. The predicted octanol–water partition coefficient (Wildman–Crippen LogP) is 5.86. The Hall–Kier alpha value is -0.0200. The molecule has 0 saturated carbocycles. The fourth-order valence-electron chi connectivity index (χ4n) is 3.94. The molecule has 0 aliphatic rings. The molecule has 0 aromatic carbocycles. The zero-order valence-corrected chi connectivity index (χ0v) is 25.4. The molecular weight excluding hydrogens is 501 g/mol. The molecule has 0 rings (SSSR count). The standard InChI is InChI=1S/C26H56NO7PS/c1-5-6-7-8-9-10-11-12-13-14-15-16-17-18-19-20-23-36(31,32)25-26(28)24-34-35(29,30)33-22-21-27(2,3)4/h26,28H,5-25H2,1-4H3/p+1. The number of phosphoric ester groups is 1. The Morgan fingerprint density at radius 3 is 1.58 bits per heavy atom. The van der Waals surface area contributed by atoms with Crippen LogP contribution in [0.3, 0.4) is 0 Å². The van der Waals surface area contributed by atoms with Gasteiger partial charge in [-0.3, -0.25) is 9.05 Å². The number of quaternary nitrogens is 1. The van der Waals surface area contributed by atoms with Crippen LogP contribution >= 0.6 is 7.82 Å². The quantitative estimate of drug-likeness (QED) is 0.0777. The SMILES string of the molecule is CCCCCCCCCCCCCCCCCCS(=O)(=O)CC(O)COP(=O)(O)OCC[N+](C)(C)C. The third kappa shape index (κ3) is 25.6. The van der Waals surface area contributed by atoms with Gasteiger partial charge < -0.3 is 14.5 Å². The summed E-state index contributed by atoms with van der Waals surface area (Å²) in [5, 5.41) is 9.94. The Labute approximate surface area is 222 Å². The molecular formula is C26H57NO7PS+. The zero-order chi connectivity index (χ0) is 27.3. The summed E-state index contributed by atoms with van der Waals surface area (Å²) >= 11 is 0. The van der Waals surface area contributed by atoms with Gasteiger partial charge in [-0.05, 0) is 6.42 Å². The first kappa shape index (κ1) is 36.0. The number of likely N-dealkylation sites (N-methyl/N-ethyl adjacent to an activating group) is 1. The lowest BCUT2D eigenvalue weighted by Crippen LogP contribution is -2.37. The molecule has 0 fully saturated rings. The molecule has 0 heterocycles. The third-order valence-electron chi connectivity index (χ3n) is 6.20. The normalized spacial score (nSPS) is 15.2. The van der Waals surface area contributed by atoms with Crippen molar-refractivity contribution in [2.45, 2.75) is 116 Å². The lowest BCUT2D eigenvalue weighted by Gasteiger charge is -2.24. The number of unbranched alkanes of at least 4 members (excludes halogenated alkanes) is 15. The number of aliphatic hydroxyl groups is 1. The fourth-order valence-corrected chi connectivity index (χ4v) is 6.18. The van der Waals surface area contributed by atoms with Gasteiger partial charge in [0.1, 0.15) is 13.2 Å². The minimum absolute atomic E-state index is 0.0132. The van der Waals surface area contributed by atoms with E-state index in [1.165, 1.54) is 77.0 Å². The molecule has 0 bridgehead atoms. The summed E-state index contributed by atoms with van der Waals surface area (Å²) in [6.07, 6.45) is 18.3. The number of aliphatic hydroxyl groups excluding tert-OH is 1. The van der Waals surface area contributed by atoms with E-state index >= 15 is 0 Å². The molecule has 0 spiro atoms. The summed E-state index contributed by atoms with van der Waals surface area (Å²) in [4.78, 5) is 9.66. The molecule has 0 aliphatic heterocycles. The summed E-state index contributed by atoms with van der Waals surface area (Å²) < 4.78 is 46.5. The lowest BCUT2D eigenvalue weighted by molar-refractivity contribution is -0.870. The maximum atomic E-state index is 12.2. The highest BCUT2D eigenvalue weighted by Gasteiger charge is 2.26. The van der Waals surface area contributed by atoms with Crippen LogP contribution in [0, 0.1) is 0 Å². The maximum Gasteiger partial charge on any atom is 0.472 e. The van der Waals surface area contributed by atoms with Gasteiger partial charge in [-0.25, -0.2) is 13.0 Å². The van der Waals surface area contributed by atoms with Gasteiger partial charge >= 0.3 is 7.82 Å². The van der Waals surface area contributed by atoms with E-state index in [0.717, 1.165) is 19.3 Å². The van der Waals surface area contributed by atoms with E-state index in [4.69, 9.17) is 9.05 Å². The van der Waals surface area contributed by atoms with Crippen molar-refractivity contribution in [3.05, 3.63) is 0 Å². The van der Waals surface area contributed by atoms with Crippen molar-refractivity contribution in [3.8, 4) is 0 Å². The fraction of sp³-hybridized carbons (Fsp3) is 1.00. The number of sulfone groups is 1. The molecule has 218 valence electrons. The molecule has 0 saturated heterocycles. The second-order valence-electron chi connectivity index (χ2n) is 11.2. The minimum Gasteiger partial charge on any atom is -0.390 e. The Bertz CT molecular complexity index is 668. The van der Waals surface area contributed by atoms with Gasteiger partial charge in [-0.1, -0.05) is 103 Å². The summed E-state index contributed by atoms with van der Waals surface area (Å²) in [6.45, 7) is 2.22. The average Bonchev–Trinajstić information content (AvgIpc) is 2.76. The van der Waals surface area contributed by atoms with Crippen LogP contribution in [0.2, 0.25) is 0 Å². The molecule has 10 heteroatoms. The highest BCUT2D eigenvalue weighted by Crippen LogP contribution is 2.43. The van der Waals surface area contributed by atoms with Crippen LogP contribution < -0.4 is 0 Å². The Morgan fingerprint density at radius 1 is 0.750 bits per heavy atom. The largest absolute Gasteiger partial charge is 0.472 e. The van der Waals surface area contributed by atoms with E-state index in [0.29, 0.717) is 17.4 Å². The minimum atomic E-state index is -4.32. The van der Waals surface area contributed by atoms with E-state index in [2.05, 4.69) is 6.92 Å². The van der Waals surface area contributed by atoms with E-state index < -0.39 is 36.1 Å². The Kier molecular flexibility index (Phi) is 20.9.